The lowest BCUT2D eigenvalue weighted by Gasteiger charge is -2.36. The Hall–Kier alpha value is -3.88. The average Bonchev–Trinajstić information content (AvgIpc) is 4.29. The van der Waals surface area contributed by atoms with E-state index < -0.39 is 43.2 Å². The fourth-order valence-corrected chi connectivity index (χ4v) is 13.2. The molecule has 6 heterocycles. The molecule has 0 N–H and O–H groups in total. The summed E-state index contributed by atoms with van der Waals surface area (Å²) in [5.74, 6) is -1.34. The van der Waals surface area contributed by atoms with Crippen molar-refractivity contribution in [2.75, 3.05) is 86.7 Å². The summed E-state index contributed by atoms with van der Waals surface area (Å²) in [6.07, 6.45) is 10.6. The first-order chi connectivity index (χ1) is 34.8. The van der Waals surface area contributed by atoms with Crippen molar-refractivity contribution in [2.24, 2.45) is 17.8 Å². The maximum Gasteiger partial charge on any atom is 0.410 e. The topological polar surface area (TPSA) is 163 Å². The van der Waals surface area contributed by atoms with Gasteiger partial charge in [-0.2, -0.15) is 0 Å². The van der Waals surface area contributed by atoms with Crippen LogP contribution in [-0.2, 0) is 34.3 Å². The van der Waals surface area contributed by atoms with Crippen LogP contribution in [0.4, 0.5) is 25.0 Å². The molecule has 4 aliphatic heterocycles. The number of carbonyl (C=O) groups excluding carboxylic acids is 2. The molecule has 2 amide bonds. The van der Waals surface area contributed by atoms with Crippen molar-refractivity contribution >= 4 is 66.6 Å². The molecule has 6 aliphatic rings. The second-order valence-corrected chi connectivity index (χ2v) is 27.0. The first kappa shape index (κ1) is 56.3. The molecule has 408 valence electrons. The Morgan fingerprint density at radius 2 is 1.19 bits per heavy atom. The number of likely N-dealkylation sites (tertiary alicyclic amines) is 3. The molecular weight excluding hydrogens is 1040 g/mol. The molecule has 74 heavy (non-hydrogen) atoms. The van der Waals surface area contributed by atoms with Crippen molar-refractivity contribution in [3.05, 3.63) is 80.4 Å². The van der Waals surface area contributed by atoms with Gasteiger partial charge in [0.15, 0.2) is 0 Å². The summed E-state index contributed by atoms with van der Waals surface area (Å²) in [4.78, 5) is 41.9. The first-order valence-corrected chi connectivity index (χ1v) is 30.6. The van der Waals surface area contributed by atoms with Gasteiger partial charge in [-0.25, -0.2) is 30.4 Å². The summed E-state index contributed by atoms with van der Waals surface area (Å²) in [6.45, 7) is 14.5. The third-order valence-corrected chi connectivity index (χ3v) is 18.4. The van der Waals surface area contributed by atoms with E-state index in [9.17, 15) is 30.8 Å². The number of hydrogen-bond acceptors (Lipinski definition) is 11. The highest BCUT2D eigenvalue weighted by Crippen LogP contribution is 2.43. The summed E-state index contributed by atoms with van der Waals surface area (Å²) >= 11 is 12.8. The fourth-order valence-electron chi connectivity index (χ4n) is 10.9. The number of anilines is 2. The number of ether oxygens (including phenoxy) is 2. The molecule has 9 rings (SSSR count). The molecular formula is C53H73Cl2F2N7O8S2. The van der Waals surface area contributed by atoms with Crippen LogP contribution < -0.4 is 8.61 Å². The number of rotatable bonds is 13. The van der Waals surface area contributed by atoms with E-state index in [4.69, 9.17) is 42.6 Å². The molecule has 1 aromatic carbocycles. The highest BCUT2D eigenvalue weighted by atomic mass is 35.5. The maximum atomic E-state index is 15.1. The molecule has 0 bridgehead atoms. The number of amides is 2. The number of carbonyl (C=O) groups is 2. The third-order valence-electron chi connectivity index (χ3n) is 15.4. The number of aryl methyl sites for hydroxylation is 2. The van der Waals surface area contributed by atoms with Crippen LogP contribution in [0.2, 0.25) is 10.0 Å². The number of hydrogen-bond donors (Lipinski definition) is 0. The minimum atomic E-state index is -3.55. The molecule has 0 spiro atoms. The molecule has 0 radical (unpaired) electrons. The summed E-state index contributed by atoms with van der Waals surface area (Å²) in [6, 6.07) is 7.39. The van der Waals surface area contributed by atoms with Crippen LogP contribution in [0.15, 0.2) is 30.3 Å². The van der Waals surface area contributed by atoms with Crippen LogP contribution in [0.3, 0.4) is 0 Å². The second-order valence-electron chi connectivity index (χ2n) is 22.4. The number of nitrogens with zero attached hydrogens (tertiary/aromatic N) is 7. The Balaban J connectivity index is 0.000000212. The quantitative estimate of drug-likeness (QED) is 0.160. The van der Waals surface area contributed by atoms with Crippen LogP contribution >= 0.6 is 23.2 Å². The lowest BCUT2D eigenvalue weighted by Crippen LogP contribution is -2.44. The Morgan fingerprint density at radius 3 is 1.62 bits per heavy atom. The normalized spacial score (nSPS) is 21.8. The van der Waals surface area contributed by atoms with Gasteiger partial charge in [0.1, 0.15) is 17.2 Å². The molecule has 0 unspecified atom stereocenters. The van der Waals surface area contributed by atoms with E-state index in [-0.39, 0.29) is 35.8 Å². The zero-order valence-corrected chi connectivity index (χ0v) is 46.9. The van der Waals surface area contributed by atoms with Gasteiger partial charge in [-0.05, 0) is 134 Å². The number of benzene rings is 1. The monoisotopic (exact) mass is 1110 g/mol. The van der Waals surface area contributed by atoms with Crippen molar-refractivity contribution in [3.63, 3.8) is 0 Å². The summed E-state index contributed by atoms with van der Waals surface area (Å²) in [7, 11) is -7.01. The highest BCUT2D eigenvalue weighted by molar-refractivity contribution is 7.92. The predicted octanol–water partition coefficient (Wildman–Crippen LogP) is 9.43. The van der Waals surface area contributed by atoms with Crippen LogP contribution in [0.1, 0.15) is 131 Å². The van der Waals surface area contributed by atoms with E-state index in [1.165, 1.54) is 33.3 Å². The van der Waals surface area contributed by atoms with Crippen LogP contribution in [0.25, 0.3) is 0 Å². The van der Waals surface area contributed by atoms with Crippen LogP contribution in [-0.4, -0.2) is 143 Å². The van der Waals surface area contributed by atoms with Gasteiger partial charge in [0.25, 0.3) is 0 Å². The fraction of sp³-hybridized carbons (Fsp3) is 0.660. The molecule has 2 aliphatic carbocycles. The molecule has 6 fully saturated rings. The van der Waals surface area contributed by atoms with Crippen molar-refractivity contribution in [1.29, 1.82) is 0 Å². The van der Waals surface area contributed by atoms with Gasteiger partial charge in [-0.15, -0.1) is 0 Å². The van der Waals surface area contributed by atoms with E-state index in [0.717, 1.165) is 50.3 Å². The summed E-state index contributed by atoms with van der Waals surface area (Å²) in [5.41, 5.74) is 3.77. The number of sulfonamides is 2. The van der Waals surface area contributed by atoms with Crippen LogP contribution in [0.5, 0.6) is 0 Å². The maximum absolute atomic E-state index is 15.1. The zero-order chi connectivity index (χ0) is 53.4. The van der Waals surface area contributed by atoms with Gasteiger partial charge in [-0.3, -0.25) is 28.3 Å². The Morgan fingerprint density at radius 1 is 0.716 bits per heavy atom. The Labute approximate surface area is 446 Å². The summed E-state index contributed by atoms with van der Waals surface area (Å²) < 4.78 is 93.7. The minimum absolute atomic E-state index is 0.0151. The lowest BCUT2D eigenvalue weighted by molar-refractivity contribution is -0.136. The Kier molecular flexibility index (Phi) is 17.5. The van der Waals surface area contributed by atoms with Crippen molar-refractivity contribution in [3.8, 4) is 0 Å². The average molecular weight is 1110 g/mol. The first-order valence-electron chi connectivity index (χ1n) is 26.2. The van der Waals surface area contributed by atoms with E-state index in [1.807, 2.05) is 39.5 Å². The predicted molar refractivity (Wildman–Crippen MR) is 284 cm³/mol. The number of halogens is 4. The molecule has 3 aromatic rings. The SMILES string of the molecule is Cc1nc(C2CCN(C(=O)OC(C)(C)C)CC2)c(N(CC2CC2)S(C)(=O)=O)cc1Cl.Cc1nc(C2CCN(C(=O)[C@@H]3CN(C4CCOCC4)C[C@H]3c3ccc(F)cc3F)CC2)c(N(CC2CC2)S(C)(=O)=O)cc1Cl. The minimum Gasteiger partial charge on any atom is -0.444 e. The van der Waals surface area contributed by atoms with Gasteiger partial charge in [0.2, 0.25) is 26.0 Å². The second kappa shape index (κ2) is 23.0. The lowest BCUT2D eigenvalue weighted by atomic mass is 9.86. The molecule has 21 heteroatoms. The zero-order valence-electron chi connectivity index (χ0n) is 43.8. The molecule has 2 aromatic heterocycles. The molecule has 15 nitrogen and oxygen atoms in total. The van der Waals surface area contributed by atoms with Gasteiger partial charge in [0.05, 0.1) is 62.6 Å². The molecule has 4 saturated heterocycles. The Bertz CT molecular complexity index is 2760. The molecule has 2 atom stereocenters. The van der Waals surface area contributed by atoms with E-state index in [2.05, 4.69) is 4.90 Å². The van der Waals surface area contributed by atoms with E-state index >= 15 is 4.39 Å². The largest absolute Gasteiger partial charge is 0.444 e. The molecule has 2 saturated carbocycles. The van der Waals surface area contributed by atoms with Crippen LogP contribution in [0, 0.1) is 43.2 Å². The van der Waals surface area contributed by atoms with Gasteiger partial charge < -0.3 is 19.3 Å². The van der Waals surface area contributed by atoms with Gasteiger partial charge >= 0.3 is 6.09 Å². The van der Waals surface area contributed by atoms with Crippen molar-refractivity contribution in [1.82, 2.24) is 24.7 Å². The standard InChI is InChI=1S/C32H41ClF2N4O4S.C21H32ClN3O4S/c1-20-28(33)16-30(39(44(2,41)42)17-21-3-4-21)31(36-20)22-7-11-37(12-8-22)32(40)27-19-38(24-9-13-43-14-10-24)18-26(27)25-6-5-23(34)15-29(25)35;1-14-17(22)12-18(25(30(5,27)28)13-15-6-7-15)19(23-14)16-8-10-24(11-9-16)20(26)29-21(2,3)4/h5-6,15-16,21-22,24,26-27H,3-4,7-14,17-19H2,1-2H3;12,15-16H,6-11,13H2,1-5H3/t26-,27+;/m0./s1. The van der Waals surface area contributed by atoms with E-state index in [0.29, 0.717) is 147 Å². The number of aromatic nitrogens is 2. The van der Waals surface area contributed by atoms with Crippen molar-refractivity contribution < 1.29 is 44.7 Å². The number of piperidine rings is 2. The van der Waals surface area contributed by atoms with Crippen molar-refractivity contribution in [2.45, 2.75) is 128 Å². The highest BCUT2D eigenvalue weighted by Gasteiger charge is 2.45. The number of pyridine rings is 2. The van der Waals surface area contributed by atoms with E-state index in [1.54, 1.807) is 17.0 Å². The smallest absolute Gasteiger partial charge is 0.410 e. The summed E-state index contributed by atoms with van der Waals surface area (Å²) in [5, 5.41) is 0.889. The van der Waals surface area contributed by atoms with Gasteiger partial charge in [-0.1, -0.05) is 29.3 Å². The third kappa shape index (κ3) is 14.0. The van der Waals surface area contributed by atoms with Gasteiger partial charge in [0, 0.05) is 95.4 Å².